The standard InChI is InChI=1S/C7H14N2O3S/c1-8-3-6(10)9-5(4-13-2)7(11)12/h5,8H,3-4H2,1-2H3,(H,9,10)(H,11,12). The summed E-state index contributed by atoms with van der Waals surface area (Å²) < 4.78 is 0. The Kier molecular flexibility index (Phi) is 6.34. The molecule has 0 rings (SSSR count). The van der Waals surface area contributed by atoms with Crippen molar-refractivity contribution in [2.24, 2.45) is 0 Å². The number of hydrogen-bond acceptors (Lipinski definition) is 4. The van der Waals surface area contributed by atoms with Gasteiger partial charge in [0.15, 0.2) is 0 Å². The number of carbonyl (C=O) groups excluding carboxylic acids is 1. The first kappa shape index (κ1) is 12.2. The van der Waals surface area contributed by atoms with E-state index in [1.165, 1.54) is 11.8 Å². The number of thioether (sulfide) groups is 1. The van der Waals surface area contributed by atoms with Crippen LogP contribution in [0.25, 0.3) is 0 Å². The fraction of sp³-hybridized carbons (Fsp3) is 0.714. The van der Waals surface area contributed by atoms with Crippen LogP contribution in [0.3, 0.4) is 0 Å². The largest absolute Gasteiger partial charge is 0.480 e. The zero-order valence-corrected chi connectivity index (χ0v) is 8.48. The number of carbonyl (C=O) groups is 2. The Morgan fingerprint density at radius 3 is 2.54 bits per heavy atom. The van der Waals surface area contributed by atoms with E-state index in [1.807, 2.05) is 0 Å². The summed E-state index contributed by atoms with van der Waals surface area (Å²) in [6.07, 6.45) is 1.79. The molecule has 0 spiro atoms. The molecular formula is C7H14N2O3S. The van der Waals surface area contributed by atoms with E-state index in [4.69, 9.17) is 5.11 Å². The van der Waals surface area contributed by atoms with E-state index in [1.54, 1.807) is 13.3 Å². The van der Waals surface area contributed by atoms with E-state index in [2.05, 4.69) is 10.6 Å². The van der Waals surface area contributed by atoms with Crippen molar-refractivity contribution in [2.45, 2.75) is 6.04 Å². The molecule has 0 saturated heterocycles. The molecule has 0 saturated carbocycles. The normalized spacial score (nSPS) is 12.2. The maximum Gasteiger partial charge on any atom is 0.327 e. The van der Waals surface area contributed by atoms with E-state index < -0.39 is 12.0 Å². The van der Waals surface area contributed by atoms with Gasteiger partial charge in [0.05, 0.1) is 6.54 Å². The monoisotopic (exact) mass is 206 g/mol. The molecule has 0 aromatic rings. The Balaban J connectivity index is 3.94. The SMILES string of the molecule is CNCC(=O)NC(CSC)C(=O)O. The lowest BCUT2D eigenvalue weighted by Gasteiger charge is -2.12. The van der Waals surface area contributed by atoms with Gasteiger partial charge in [-0.15, -0.1) is 0 Å². The van der Waals surface area contributed by atoms with E-state index in [0.29, 0.717) is 5.75 Å². The highest BCUT2D eigenvalue weighted by Gasteiger charge is 2.18. The number of rotatable bonds is 6. The average Bonchev–Trinajstić information content (AvgIpc) is 2.04. The van der Waals surface area contributed by atoms with Crippen LogP contribution in [0.1, 0.15) is 0 Å². The molecule has 13 heavy (non-hydrogen) atoms. The maximum atomic E-state index is 11.0. The predicted octanol–water partition coefficient (Wildman–Crippen LogP) is -0.862. The predicted molar refractivity (Wildman–Crippen MR) is 51.9 cm³/mol. The van der Waals surface area contributed by atoms with Crippen LogP contribution in [0.15, 0.2) is 0 Å². The second-order valence-corrected chi connectivity index (χ2v) is 3.35. The third-order valence-corrected chi connectivity index (χ3v) is 1.97. The molecular weight excluding hydrogens is 192 g/mol. The topological polar surface area (TPSA) is 78.4 Å². The summed E-state index contributed by atoms with van der Waals surface area (Å²) in [6, 6.07) is -0.796. The van der Waals surface area contributed by atoms with Crippen LogP contribution in [0.5, 0.6) is 0 Å². The van der Waals surface area contributed by atoms with Crippen LogP contribution in [0, 0.1) is 0 Å². The van der Waals surface area contributed by atoms with E-state index in [9.17, 15) is 9.59 Å². The first-order valence-electron chi connectivity index (χ1n) is 3.77. The zero-order valence-electron chi connectivity index (χ0n) is 7.66. The first-order chi connectivity index (χ1) is 6.11. The molecule has 1 amide bonds. The number of hydrogen-bond donors (Lipinski definition) is 3. The first-order valence-corrected chi connectivity index (χ1v) is 5.17. The van der Waals surface area contributed by atoms with Crippen molar-refractivity contribution in [3.8, 4) is 0 Å². The second-order valence-electron chi connectivity index (χ2n) is 2.44. The molecule has 0 bridgehead atoms. The summed E-state index contributed by atoms with van der Waals surface area (Å²) in [5.74, 6) is -0.923. The summed E-state index contributed by atoms with van der Waals surface area (Å²) in [7, 11) is 1.63. The van der Waals surface area contributed by atoms with Crippen molar-refractivity contribution in [3.05, 3.63) is 0 Å². The van der Waals surface area contributed by atoms with Gasteiger partial charge in [0.2, 0.25) is 5.91 Å². The molecule has 3 N–H and O–H groups in total. The molecule has 0 heterocycles. The smallest absolute Gasteiger partial charge is 0.327 e. The summed E-state index contributed by atoms with van der Waals surface area (Å²) in [6.45, 7) is 0.137. The molecule has 5 nitrogen and oxygen atoms in total. The van der Waals surface area contributed by atoms with E-state index in [-0.39, 0.29) is 12.5 Å². The Bertz CT molecular complexity index is 187. The molecule has 1 atom stereocenters. The van der Waals surface area contributed by atoms with E-state index in [0.717, 1.165) is 0 Å². The third-order valence-electron chi connectivity index (χ3n) is 1.30. The van der Waals surface area contributed by atoms with Crippen LogP contribution in [0.4, 0.5) is 0 Å². The summed E-state index contributed by atoms with van der Waals surface area (Å²) in [5, 5.41) is 13.7. The van der Waals surface area contributed by atoms with Gasteiger partial charge in [-0.1, -0.05) is 0 Å². The number of carboxylic acids is 1. The van der Waals surface area contributed by atoms with Crippen LogP contribution < -0.4 is 10.6 Å². The van der Waals surface area contributed by atoms with Crippen molar-refractivity contribution in [1.82, 2.24) is 10.6 Å². The van der Waals surface area contributed by atoms with Gasteiger partial charge in [-0.25, -0.2) is 4.79 Å². The van der Waals surface area contributed by atoms with Crippen molar-refractivity contribution in [1.29, 1.82) is 0 Å². The highest BCUT2D eigenvalue weighted by molar-refractivity contribution is 7.98. The Labute approximate surface area is 81.3 Å². The number of amides is 1. The lowest BCUT2D eigenvalue weighted by atomic mass is 10.3. The van der Waals surface area contributed by atoms with Gasteiger partial charge in [-0.3, -0.25) is 4.79 Å². The van der Waals surface area contributed by atoms with Crippen molar-refractivity contribution < 1.29 is 14.7 Å². The Morgan fingerprint density at radius 1 is 1.54 bits per heavy atom. The summed E-state index contributed by atoms with van der Waals surface area (Å²) >= 11 is 1.38. The molecule has 76 valence electrons. The fourth-order valence-electron chi connectivity index (χ4n) is 0.747. The highest BCUT2D eigenvalue weighted by Crippen LogP contribution is 1.97. The number of likely N-dealkylation sites (N-methyl/N-ethyl adjacent to an activating group) is 1. The number of nitrogens with one attached hydrogen (secondary N) is 2. The quantitative estimate of drug-likeness (QED) is 0.527. The van der Waals surface area contributed by atoms with Crippen LogP contribution in [-0.4, -0.2) is 48.6 Å². The minimum Gasteiger partial charge on any atom is -0.480 e. The molecule has 0 radical (unpaired) electrons. The Hall–Kier alpha value is -0.750. The molecule has 1 unspecified atom stereocenters. The van der Waals surface area contributed by atoms with E-state index >= 15 is 0 Å². The van der Waals surface area contributed by atoms with Gasteiger partial charge in [0.25, 0.3) is 0 Å². The molecule has 0 aromatic carbocycles. The van der Waals surface area contributed by atoms with Crippen molar-refractivity contribution in [3.63, 3.8) is 0 Å². The Morgan fingerprint density at radius 2 is 2.15 bits per heavy atom. The van der Waals surface area contributed by atoms with Gasteiger partial charge in [0.1, 0.15) is 6.04 Å². The average molecular weight is 206 g/mol. The molecule has 0 aliphatic heterocycles. The highest BCUT2D eigenvalue weighted by atomic mass is 32.2. The molecule has 0 fully saturated rings. The minimum atomic E-state index is -1.00. The fourth-order valence-corrected chi connectivity index (χ4v) is 1.31. The van der Waals surface area contributed by atoms with Gasteiger partial charge in [-0.2, -0.15) is 11.8 Å². The van der Waals surface area contributed by atoms with Gasteiger partial charge >= 0.3 is 5.97 Å². The van der Waals surface area contributed by atoms with Gasteiger partial charge in [-0.05, 0) is 13.3 Å². The molecule has 0 aliphatic rings. The number of carboxylic acid groups (broad SMARTS) is 1. The van der Waals surface area contributed by atoms with Crippen LogP contribution in [0.2, 0.25) is 0 Å². The summed E-state index contributed by atoms with van der Waals surface area (Å²) in [4.78, 5) is 21.6. The molecule has 6 heteroatoms. The lowest BCUT2D eigenvalue weighted by molar-refractivity contribution is -0.140. The molecule has 0 aliphatic carbocycles. The summed E-state index contributed by atoms with van der Waals surface area (Å²) in [5.41, 5.74) is 0. The molecule has 0 aromatic heterocycles. The van der Waals surface area contributed by atoms with Crippen molar-refractivity contribution in [2.75, 3.05) is 25.6 Å². The van der Waals surface area contributed by atoms with Crippen LogP contribution >= 0.6 is 11.8 Å². The lowest BCUT2D eigenvalue weighted by Crippen LogP contribution is -2.45. The van der Waals surface area contributed by atoms with Crippen molar-refractivity contribution >= 4 is 23.6 Å². The second kappa shape index (κ2) is 6.73. The zero-order chi connectivity index (χ0) is 10.3. The van der Waals surface area contributed by atoms with Gasteiger partial charge in [0, 0.05) is 5.75 Å². The third kappa shape index (κ3) is 5.48. The minimum absolute atomic E-state index is 0.137. The number of aliphatic carboxylic acids is 1. The van der Waals surface area contributed by atoms with Gasteiger partial charge < -0.3 is 15.7 Å². The maximum absolute atomic E-state index is 11.0. The van der Waals surface area contributed by atoms with Crippen LogP contribution in [-0.2, 0) is 9.59 Å².